The maximum Gasteiger partial charge on any atom is 0.277 e. The van der Waals surface area contributed by atoms with E-state index in [0.717, 1.165) is 11.1 Å². The lowest BCUT2D eigenvalue weighted by Crippen LogP contribution is -2.24. The van der Waals surface area contributed by atoms with Crippen molar-refractivity contribution < 1.29 is 19.0 Å². The highest BCUT2D eigenvalue weighted by Crippen LogP contribution is 2.30. The minimum absolute atomic E-state index is 0.0953. The summed E-state index contributed by atoms with van der Waals surface area (Å²) >= 11 is 0. The average Bonchev–Trinajstić information content (AvgIpc) is 2.60. The molecule has 0 fully saturated rings. The first-order valence-electron chi connectivity index (χ1n) is 7.62. The Morgan fingerprint density at radius 2 is 2.04 bits per heavy atom. The van der Waals surface area contributed by atoms with E-state index in [2.05, 4.69) is 10.5 Å². The van der Waals surface area contributed by atoms with Crippen LogP contribution in [0.1, 0.15) is 11.1 Å². The average molecular weight is 326 g/mol. The quantitative estimate of drug-likeness (QED) is 0.676. The van der Waals surface area contributed by atoms with Gasteiger partial charge in [0.15, 0.2) is 18.1 Å². The van der Waals surface area contributed by atoms with Gasteiger partial charge in [-0.3, -0.25) is 4.79 Å². The molecule has 0 aromatic heterocycles. The largest absolute Gasteiger partial charge is 0.486 e. The van der Waals surface area contributed by atoms with Crippen molar-refractivity contribution in [1.82, 2.24) is 5.43 Å². The SMILES string of the molecule is Cc1cccc(OCC(=O)NN=Cc2ccc3c(c2)OCCO3)c1. The minimum Gasteiger partial charge on any atom is -0.486 e. The van der Waals surface area contributed by atoms with Crippen LogP contribution in [-0.2, 0) is 4.79 Å². The van der Waals surface area contributed by atoms with Crippen molar-refractivity contribution in [2.24, 2.45) is 5.10 Å². The number of fused-ring (bicyclic) bond motifs is 1. The zero-order chi connectivity index (χ0) is 16.8. The maximum absolute atomic E-state index is 11.7. The van der Waals surface area contributed by atoms with Gasteiger partial charge in [0.2, 0.25) is 0 Å². The predicted molar refractivity (Wildman–Crippen MR) is 89.8 cm³/mol. The lowest BCUT2D eigenvalue weighted by atomic mass is 10.2. The second-order valence-electron chi connectivity index (χ2n) is 5.30. The fourth-order valence-corrected chi connectivity index (χ4v) is 2.21. The third kappa shape index (κ3) is 4.25. The van der Waals surface area contributed by atoms with E-state index in [1.165, 1.54) is 0 Å². The van der Waals surface area contributed by atoms with Crippen molar-refractivity contribution in [1.29, 1.82) is 0 Å². The van der Waals surface area contributed by atoms with Crippen LogP contribution in [0.4, 0.5) is 0 Å². The lowest BCUT2D eigenvalue weighted by Gasteiger charge is -2.18. The zero-order valence-corrected chi connectivity index (χ0v) is 13.3. The molecule has 0 spiro atoms. The van der Waals surface area contributed by atoms with Crippen LogP contribution in [0, 0.1) is 6.92 Å². The maximum atomic E-state index is 11.7. The molecule has 3 rings (SSSR count). The van der Waals surface area contributed by atoms with Gasteiger partial charge in [-0.1, -0.05) is 12.1 Å². The Morgan fingerprint density at radius 3 is 2.88 bits per heavy atom. The molecule has 1 N–H and O–H groups in total. The summed E-state index contributed by atoms with van der Waals surface area (Å²) in [6, 6.07) is 13.0. The van der Waals surface area contributed by atoms with Gasteiger partial charge in [-0.25, -0.2) is 5.43 Å². The summed E-state index contributed by atoms with van der Waals surface area (Å²) in [5.74, 6) is 1.72. The first-order chi connectivity index (χ1) is 11.7. The van der Waals surface area contributed by atoms with E-state index in [0.29, 0.717) is 30.5 Å². The number of ether oxygens (including phenoxy) is 3. The van der Waals surface area contributed by atoms with Gasteiger partial charge in [0.1, 0.15) is 19.0 Å². The van der Waals surface area contributed by atoms with Crippen LogP contribution in [0.15, 0.2) is 47.6 Å². The molecule has 0 aliphatic carbocycles. The Kier molecular flexibility index (Phi) is 4.96. The highest BCUT2D eigenvalue weighted by Gasteiger charge is 2.10. The molecular weight excluding hydrogens is 308 g/mol. The third-order valence-corrected chi connectivity index (χ3v) is 3.33. The van der Waals surface area contributed by atoms with Crippen LogP contribution < -0.4 is 19.6 Å². The summed E-state index contributed by atoms with van der Waals surface area (Å²) in [4.78, 5) is 11.7. The summed E-state index contributed by atoms with van der Waals surface area (Å²) in [6.45, 7) is 2.95. The van der Waals surface area contributed by atoms with Gasteiger partial charge in [0, 0.05) is 0 Å². The number of aryl methyl sites for hydroxylation is 1. The van der Waals surface area contributed by atoms with Crippen LogP contribution in [0.3, 0.4) is 0 Å². The molecule has 1 aliphatic heterocycles. The van der Waals surface area contributed by atoms with E-state index in [1.54, 1.807) is 12.3 Å². The third-order valence-electron chi connectivity index (χ3n) is 3.33. The number of nitrogens with one attached hydrogen (secondary N) is 1. The molecule has 2 aromatic carbocycles. The Morgan fingerprint density at radius 1 is 1.21 bits per heavy atom. The number of benzene rings is 2. The molecule has 0 atom stereocenters. The summed E-state index contributed by atoms with van der Waals surface area (Å²) in [5.41, 5.74) is 4.31. The second kappa shape index (κ2) is 7.50. The van der Waals surface area contributed by atoms with Gasteiger partial charge in [-0.05, 0) is 48.4 Å². The molecule has 6 nitrogen and oxygen atoms in total. The van der Waals surface area contributed by atoms with Crippen molar-refractivity contribution in [2.45, 2.75) is 6.92 Å². The number of hydrogen-bond acceptors (Lipinski definition) is 5. The van der Waals surface area contributed by atoms with Gasteiger partial charge in [0.25, 0.3) is 5.91 Å². The van der Waals surface area contributed by atoms with Gasteiger partial charge in [-0.2, -0.15) is 5.10 Å². The topological polar surface area (TPSA) is 69.2 Å². The molecule has 0 bridgehead atoms. The number of hydrogen-bond donors (Lipinski definition) is 1. The first-order valence-corrected chi connectivity index (χ1v) is 7.62. The Hall–Kier alpha value is -3.02. The van der Waals surface area contributed by atoms with Gasteiger partial charge in [0.05, 0.1) is 6.21 Å². The number of nitrogens with zero attached hydrogens (tertiary/aromatic N) is 1. The second-order valence-corrected chi connectivity index (χ2v) is 5.30. The first kappa shape index (κ1) is 15.9. The van der Waals surface area contributed by atoms with Crippen molar-refractivity contribution in [2.75, 3.05) is 19.8 Å². The molecule has 1 aliphatic rings. The molecule has 0 saturated heterocycles. The van der Waals surface area contributed by atoms with Crippen molar-refractivity contribution >= 4 is 12.1 Å². The Bertz CT molecular complexity index is 758. The van der Waals surface area contributed by atoms with E-state index in [9.17, 15) is 4.79 Å². The monoisotopic (exact) mass is 326 g/mol. The molecule has 0 radical (unpaired) electrons. The molecule has 6 heteroatoms. The highest BCUT2D eigenvalue weighted by molar-refractivity contribution is 5.83. The van der Waals surface area contributed by atoms with Crippen molar-refractivity contribution in [3.63, 3.8) is 0 Å². The van der Waals surface area contributed by atoms with Crippen molar-refractivity contribution in [3.05, 3.63) is 53.6 Å². The molecular formula is C18H18N2O4. The molecule has 2 aromatic rings. The molecule has 1 amide bonds. The Balaban J connectivity index is 1.49. The molecule has 1 heterocycles. The molecule has 0 unspecified atom stereocenters. The number of rotatable bonds is 5. The fourth-order valence-electron chi connectivity index (χ4n) is 2.21. The summed E-state index contributed by atoms with van der Waals surface area (Å²) in [5, 5.41) is 3.92. The van der Waals surface area contributed by atoms with E-state index in [1.807, 2.05) is 43.3 Å². The van der Waals surface area contributed by atoms with Gasteiger partial charge >= 0.3 is 0 Å². The van der Waals surface area contributed by atoms with Crippen LogP contribution >= 0.6 is 0 Å². The normalized spacial score (nSPS) is 12.9. The number of hydrazone groups is 1. The number of amides is 1. The van der Waals surface area contributed by atoms with E-state index in [-0.39, 0.29) is 12.5 Å². The van der Waals surface area contributed by atoms with Gasteiger partial charge < -0.3 is 14.2 Å². The van der Waals surface area contributed by atoms with E-state index < -0.39 is 0 Å². The lowest BCUT2D eigenvalue weighted by molar-refractivity contribution is -0.123. The van der Waals surface area contributed by atoms with E-state index in [4.69, 9.17) is 14.2 Å². The van der Waals surface area contributed by atoms with E-state index >= 15 is 0 Å². The smallest absolute Gasteiger partial charge is 0.277 e. The summed E-state index contributed by atoms with van der Waals surface area (Å²) in [7, 11) is 0. The fraction of sp³-hybridized carbons (Fsp3) is 0.222. The standard InChI is InChI=1S/C18H18N2O4/c1-13-3-2-4-15(9-13)24-12-18(21)20-19-11-14-5-6-16-17(10-14)23-8-7-22-16/h2-6,9-11H,7-8,12H2,1H3,(H,20,21). The molecule has 0 saturated carbocycles. The number of carbonyl (C=O) groups excluding carboxylic acids is 1. The highest BCUT2D eigenvalue weighted by atomic mass is 16.6. The zero-order valence-electron chi connectivity index (χ0n) is 13.3. The van der Waals surface area contributed by atoms with Crippen LogP contribution in [0.5, 0.6) is 17.2 Å². The molecule has 24 heavy (non-hydrogen) atoms. The van der Waals surface area contributed by atoms with Crippen LogP contribution in [-0.4, -0.2) is 31.9 Å². The number of carbonyl (C=O) groups is 1. The Labute approximate surface area is 140 Å². The molecule has 124 valence electrons. The van der Waals surface area contributed by atoms with Crippen LogP contribution in [0.25, 0.3) is 0 Å². The van der Waals surface area contributed by atoms with Crippen molar-refractivity contribution in [3.8, 4) is 17.2 Å². The predicted octanol–water partition coefficient (Wildman–Crippen LogP) is 2.30. The van der Waals surface area contributed by atoms with Gasteiger partial charge in [-0.15, -0.1) is 0 Å². The summed E-state index contributed by atoms with van der Waals surface area (Å²) in [6.07, 6.45) is 1.54. The minimum atomic E-state index is -0.328. The van der Waals surface area contributed by atoms with Crippen LogP contribution in [0.2, 0.25) is 0 Å². The summed E-state index contributed by atoms with van der Waals surface area (Å²) < 4.78 is 16.3.